The number of carboxylic acid groups (broad SMARTS) is 1. The molecule has 128 valence electrons. The molecular weight excluding hydrogens is 352 g/mol. The van der Waals surface area contributed by atoms with Crippen LogP contribution in [0.4, 0.5) is 8.78 Å². The number of imidazole rings is 1. The van der Waals surface area contributed by atoms with Gasteiger partial charge >= 0.3 is 5.97 Å². The molecule has 1 N–H and O–H groups in total. The van der Waals surface area contributed by atoms with Gasteiger partial charge in [-0.25, -0.2) is 13.8 Å². The van der Waals surface area contributed by atoms with Gasteiger partial charge in [-0.2, -0.15) is 0 Å². The number of aromatic nitrogens is 3. The average Bonchev–Trinajstić information content (AvgIpc) is 2.98. The second-order valence-corrected chi connectivity index (χ2v) is 5.68. The highest BCUT2D eigenvalue weighted by Gasteiger charge is 2.18. The van der Waals surface area contributed by atoms with Gasteiger partial charge in [-0.05, 0) is 24.3 Å². The second kappa shape index (κ2) is 6.98. The van der Waals surface area contributed by atoms with E-state index < -0.39 is 12.4 Å². The first kappa shape index (κ1) is 17.0. The molecule has 0 aliphatic carbocycles. The molecule has 0 amide bonds. The molecule has 25 heavy (non-hydrogen) atoms. The van der Waals surface area contributed by atoms with E-state index in [1.807, 2.05) is 0 Å². The van der Waals surface area contributed by atoms with Gasteiger partial charge in [0.25, 0.3) is 6.43 Å². The van der Waals surface area contributed by atoms with Crippen molar-refractivity contribution in [1.82, 2.24) is 14.5 Å². The largest absolute Gasteiger partial charge is 0.480 e. The van der Waals surface area contributed by atoms with Gasteiger partial charge in [-0.3, -0.25) is 9.78 Å². The van der Waals surface area contributed by atoms with Crippen LogP contribution >= 0.6 is 11.6 Å². The Morgan fingerprint density at radius 2 is 1.88 bits per heavy atom. The van der Waals surface area contributed by atoms with E-state index in [9.17, 15) is 13.6 Å². The fraction of sp³-hybridized carbons (Fsp3) is 0.118. The molecule has 3 aromatic rings. The Morgan fingerprint density at radius 1 is 1.16 bits per heavy atom. The number of nitrogens with zero attached hydrogens (tertiary/aromatic N) is 3. The Bertz CT molecular complexity index is 911. The van der Waals surface area contributed by atoms with Gasteiger partial charge in [0.1, 0.15) is 12.2 Å². The van der Waals surface area contributed by atoms with Crippen LogP contribution in [0.25, 0.3) is 22.5 Å². The minimum absolute atomic E-state index is 0.345. The van der Waals surface area contributed by atoms with E-state index in [0.717, 1.165) is 0 Å². The highest BCUT2D eigenvalue weighted by Crippen LogP contribution is 2.33. The Hall–Kier alpha value is -2.80. The summed E-state index contributed by atoms with van der Waals surface area (Å²) in [6.07, 6.45) is -0.0917. The summed E-state index contributed by atoms with van der Waals surface area (Å²) in [6.45, 7) is -0.345. The van der Waals surface area contributed by atoms with Crippen molar-refractivity contribution in [2.75, 3.05) is 0 Å². The molecule has 3 rings (SSSR count). The lowest BCUT2D eigenvalue weighted by molar-refractivity contribution is -0.137. The van der Waals surface area contributed by atoms with Crippen LogP contribution in [0.3, 0.4) is 0 Å². The van der Waals surface area contributed by atoms with Gasteiger partial charge in [-0.1, -0.05) is 23.7 Å². The minimum atomic E-state index is -2.73. The summed E-state index contributed by atoms with van der Waals surface area (Å²) < 4.78 is 27.3. The molecular formula is C17H12ClF2N3O2. The van der Waals surface area contributed by atoms with Crippen molar-refractivity contribution in [3.63, 3.8) is 0 Å². The smallest absolute Gasteiger partial charge is 0.323 e. The number of benzene rings is 1. The maximum Gasteiger partial charge on any atom is 0.323 e. The molecule has 8 heteroatoms. The van der Waals surface area contributed by atoms with Crippen LogP contribution in [0, 0.1) is 0 Å². The molecule has 0 unspecified atom stereocenters. The first-order chi connectivity index (χ1) is 12.0. The Labute approximate surface area is 146 Å². The molecule has 0 spiro atoms. The number of halogens is 3. The maximum absolute atomic E-state index is 13.0. The summed E-state index contributed by atoms with van der Waals surface area (Å²) in [7, 11) is 0. The van der Waals surface area contributed by atoms with Gasteiger partial charge in [0.05, 0.1) is 17.7 Å². The third-order valence-corrected chi connectivity index (χ3v) is 3.79. The molecule has 0 atom stereocenters. The molecule has 0 saturated heterocycles. The van der Waals surface area contributed by atoms with Gasteiger partial charge < -0.3 is 9.67 Å². The van der Waals surface area contributed by atoms with Crippen molar-refractivity contribution in [3.05, 3.63) is 59.6 Å². The summed E-state index contributed by atoms with van der Waals surface area (Å²) >= 11 is 5.89. The summed E-state index contributed by atoms with van der Waals surface area (Å²) in [5, 5.41) is 9.64. The van der Waals surface area contributed by atoms with Crippen molar-refractivity contribution in [2.45, 2.75) is 13.0 Å². The summed E-state index contributed by atoms with van der Waals surface area (Å²) in [5.41, 5.74) is 1.62. The zero-order valence-electron chi connectivity index (χ0n) is 12.7. The lowest BCUT2D eigenvalue weighted by Crippen LogP contribution is -2.09. The predicted octanol–water partition coefficient (Wildman–Crippen LogP) is 4.29. The molecule has 0 saturated carbocycles. The van der Waals surface area contributed by atoms with Crippen LogP contribution in [0.2, 0.25) is 5.02 Å². The van der Waals surface area contributed by atoms with Crippen LogP contribution in [0.15, 0.2) is 48.9 Å². The Balaban J connectivity index is 2.18. The number of carboxylic acids is 1. The first-order valence-electron chi connectivity index (χ1n) is 7.23. The summed E-state index contributed by atoms with van der Waals surface area (Å²) in [4.78, 5) is 19.0. The summed E-state index contributed by atoms with van der Waals surface area (Å²) in [5.74, 6) is -1.07. The third-order valence-electron chi connectivity index (χ3n) is 3.54. The quantitative estimate of drug-likeness (QED) is 0.734. The van der Waals surface area contributed by atoms with Gasteiger partial charge in [0, 0.05) is 22.3 Å². The molecule has 2 heterocycles. The van der Waals surface area contributed by atoms with Gasteiger partial charge in [0.2, 0.25) is 0 Å². The molecule has 0 aliphatic rings. The molecule has 2 aromatic heterocycles. The van der Waals surface area contributed by atoms with Crippen molar-refractivity contribution in [1.29, 1.82) is 0 Å². The summed E-state index contributed by atoms with van der Waals surface area (Å²) in [6, 6.07) is 9.59. The number of alkyl halides is 2. The molecule has 0 aliphatic heterocycles. The van der Waals surface area contributed by atoms with Crippen LogP contribution in [-0.2, 0) is 11.3 Å². The minimum Gasteiger partial charge on any atom is -0.480 e. The first-order valence-corrected chi connectivity index (χ1v) is 7.61. The topological polar surface area (TPSA) is 68.0 Å². The fourth-order valence-electron chi connectivity index (χ4n) is 2.48. The Kier molecular flexibility index (Phi) is 4.76. The predicted molar refractivity (Wildman–Crippen MR) is 88.5 cm³/mol. The lowest BCUT2D eigenvalue weighted by Gasteiger charge is -2.10. The van der Waals surface area contributed by atoms with Gasteiger partial charge in [-0.15, -0.1) is 0 Å². The van der Waals surface area contributed by atoms with E-state index in [-0.39, 0.29) is 12.2 Å². The van der Waals surface area contributed by atoms with Crippen molar-refractivity contribution < 1.29 is 18.7 Å². The number of hydrogen-bond donors (Lipinski definition) is 1. The van der Waals surface area contributed by atoms with E-state index in [1.54, 1.807) is 30.3 Å². The van der Waals surface area contributed by atoms with Crippen LogP contribution < -0.4 is 0 Å². The fourth-order valence-corrected chi connectivity index (χ4v) is 2.61. The van der Waals surface area contributed by atoms with E-state index in [1.165, 1.54) is 23.2 Å². The number of pyridine rings is 1. The van der Waals surface area contributed by atoms with E-state index >= 15 is 0 Å². The van der Waals surface area contributed by atoms with Crippen molar-refractivity contribution in [2.24, 2.45) is 0 Å². The standard InChI is InChI=1S/C17H12ClF2N3O2/c18-12-3-1-10(2-4-12)15-16(23(9-22-15)8-14(24)25)11-5-6-21-13(7-11)17(19)20/h1-7,9,17H,8H2,(H,24,25). The normalized spacial score (nSPS) is 11.0. The zero-order chi connectivity index (χ0) is 18.0. The van der Waals surface area contributed by atoms with Crippen LogP contribution in [0.5, 0.6) is 0 Å². The molecule has 0 bridgehead atoms. The second-order valence-electron chi connectivity index (χ2n) is 5.24. The highest BCUT2D eigenvalue weighted by molar-refractivity contribution is 6.30. The molecule has 5 nitrogen and oxygen atoms in total. The number of aliphatic carboxylic acids is 1. The highest BCUT2D eigenvalue weighted by atomic mass is 35.5. The lowest BCUT2D eigenvalue weighted by atomic mass is 10.0. The molecule has 0 fully saturated rings. The maximum atomic E-state index is 13.0. The molecule has 0 radical (unpaired) electrons. The van der Waals surface area contributed by atoms with E-state index in [0.29, 0.717) is 27.5 Å². The monoisotopic (exact) mass is 363 g/mol. The third kappa shape index (κ3) is 3.66. The van der Waals surface area contributed by atoms with Crippen molar-refractivity contribution >= 4 is 17.6 Å². The zero-order valence-corrected chi connectivity index (χ0v) is 13.5. The number of hydrogen-bond acceptors (Lipinski definition) is 3. The SMILES string of the molecule is O=C(O)Cn1cnc(-c2ccc(Cl)cc2)c1-c1ccnc(C(F)F)c1. The van der Waals surface area contributed by atoms with Crippen LogP contribution in [-0.4, -0.2) is 25.6 Å². The van der Waals surface area contributed by atoms with Crippen molar-refractivity contribution in [3.8, 4) is 22.5 Å². The Morgan fingerprint density at radius 3 is 2.52 bits per heavy atom. The number of carbonyl (C=O) groups is 1. The molecule has 1 aromatic carbocycles. The van der Waals surface area contributed by atoms with E-state index in [4.69, 9.17) is 16.7 Å². The average molecular weight is 364 g/mol. The van der Waals surface area contributed by atoms with Gasteiger partial charge in [0.15, 0.2) is 0 Å². The van der Waals surface area contributed by atoms with Crippen LogP contribution in [0.1, 0.15) is 12.1 Å². The van der Waals surface area contributed by atoms with E-state index in [2.05, 4.69) is 9.97 Å². The number of rotatable bonds is 5.